The molecular formula is C10H17ClN2. The van der Waals surface area contributed by atoms with Gasteiger partial charge in [-0.1, -0.05) is 18.2 Å². The summed E-state index contributed by atoms with van der Waals surface area (Å²) in [5.74, 6) is 0. The van der Waals surface area contributed by atoms with Crippen LogP contribution >= 0.6 is 12.4 Å². The largest absolute Gasteiger partial charge is 0.388 e. The highest BCUT2D eigenvalue weighted by atomic mass is 35.5. The van der Waals surface area contributed by atoms with Crippen molar-refractivity contribution in [2.24, 2.45) is 0 Å². The van der Waals surface area contributed by atoms with E-state index in [2.05, 4.69) is 35.8 Å². The number of halogens is 1. The third kappa shape index (κ3) is 2.90. The molecule has 1 rings (SSSR count). The lowest BCUT2D eigenvalue weighted by Gasteiger charge is -2.14. The van der Waals surface area contributed by atoms with Crippen LogP contribution in [0.4, 0.5) is 5.69 Å². The topological polar surface area (TPSA) is 24.1 Å². The van der Waals surface area contributed by atoms with Crippen LogP contribution in [-0.2, 0) is 0 Å². The molecule has 0 radical (unpaired) electrons. The predicted octanol–water partition coefficient (Wildman–Crippen LogP) is 2.43. The molecule has 74 valence electrons. The van der Waals surface area contributed by atoms with Gasteiger partial charge < -0.3 is 10.6 Å². The van der Waals surface area contributed by atoms with Crippen LogP contribution in [0.2, 0.25) is 0 Å². The van der Waals surface area contributed by atoms with Crippen molar-refractivity contribution in [3.8, 4) is 0 Å². The fourth-order valence-electron chi connectivity index (χ4n) is 1.26. The molecule has 0 aliphatic heterocycles. The standard InChI is InChI=1S/C10H16N2.ClH/c1-8(11-2)9-6-4-5-7-10(9)12-3;/h4-8,11-12H,1-3H3;1H/t8-;/m1./s1. The summed E-state index contributed by atoms with van der Waals surface area (Å²) in [5.41, 5.74) is 2.50. The Morgan fingerprint density at radius 1 is 1.15 bits per heavy atom. The van der Waals surface area contributed by atoms with Crippen LogP contribution in [0, 0.1) is 0 Å². The van der Waals surface area contributed by atoms with Crippen molar-refractivity contribution >= 4 is 18.1 Å². The molecular weight excluding hydrogens is 184 g/mol. The van der Waals surface area contributed by atoms with Crippen LogP contribution in [0.5, 0.6) is 0 Å². The number of para-hydroxylation sites is 1. The molecule has 1 aromatic carbocycles. The summed E-state index contributed by atoms with van der Waals surface area (Å²) in [6.45, 7) is 2.15. The van der Waals surface area contributed by atoms with E-state index in [1.165, 1.54) is 11.3 Å². The van der Waals surface area contributed by atoms with Crippen molar-refractivity contribution in [3.63, 3.8) is 0 Å². The summed E-state index contributed by atoms with van der Waals surface area (Å²) in [5, 5.41) is 6.39. The Morgan fingerprint density at radius 3 is 2.31 bits per heavy atom. The van der Waals surface area contributed by atoms with Gasteiger partial charge in [0.25, 0.3) is 0 Å². The number of anilines is 1. The molecule has 1 atom stereocenters. The minimum atomic E-state index is 0. The van der Waals surface area contributed by atoms with Crippen molar-refractivity contribution in [2.45, 2.75) is 13.0 Å². The fraction of sp³-hybridized carbons (Fsp3) is 0.400. The van der Waals surface area contributed by atoms with Crippen molar-refractivity contribution in [1.29, 1.82) is 0 Å². The quantitative estimate of drug-likeness (QED) is 0.783. The molecule has 0 aliphatic carbocycles. The molecule has 13 heavy (non-hydrogen) atoms. The maximum absolute atomic E-state index is 3.22. The molecule has 3 heteroatoms. The zero-order valence-corrected chi connectivity index (χ0v) is 9.11. The second-order valence-corrected chi connectivity index (χ2v) is 2.85. The van der Waals surface area contributed by atoms with Crippen LogP contribution in [0.3, 0.4) is 0 Å². The second-order valence-electron chi connectivity index (χ2n) is 2.85. The first-order valence-corrected chi connectivity index (χ1v) is 4.23. The summed E-state index contributed by atoms with van der Waals surface area (Å²) >= 11 is 0. The number of hydrogen-bond acceptors (Lipinski definition) is 2. The highest BCUT2D eigenvalue weighted by Gasteiger charge is 2.05. The fourth-order valence-corrected chi connectivity index (χ4v) is 1.26. The van der Waals surface area contributed by atoms with Crippen molar-refractivity contribution in [1.82, 2.24) is 5.32 Å². The third-order valence-corrected chi connectivity index (χ3v) is 2.13. The van der Waals surface area contributed by atoms with Gasteiger partial charge in [-0.15, -0.1) is 12.4 Å². The molecule has 2 nitrogen and oxygen atoms in total. The lowest BCUT2D eigenvalue weighted by Crippen LogP contribution is -2.13. The predicted molar refractivity (Wildman–Crippen MR) is 60.7 cm³/mol. The molecule has 0 aliphatic rings. The zero-order chi connectivity index (χ0) is 8.97. The average molecular weight is 201 g/mol. The SMILES string of the molecule is CNc1ccccc1[C@@H](C)NC.Cl. The van der Waals surface area contributed by atoms with Gasteiger partial charge in [0, 0.05) is 18.8 Å². The van der Waals surface area contributed by atoms with Crippen LogP contribution in [0.25, 0.3) is 0 Å². The van der Waals surface area contributed by atoms with Crippen molar-refractivity contribution in [2.75, 3.05) is 19.4 Å². The molecule has 0 amide bonds. The van der Waals surface area contributed by atoms with Gasteiger partial charge in [0.15, 0.2) is 0 Å². The van der Waals surface area contributed by atoms with E-state index in [1.54, 1.807) is 0 Å². The van der Waals surface area contributed by atoms with Gasteiger partial charge in [-0.2, -0.15) is 0 Å². The van der Waals surface area contributed by atoms with Gasteiger partial charge in [0.05, 0.1) is 0 Å². The van der Waals surface area contributed by atoms with Crippen LogP contribution in [-0.4, -0.2) is 14.1 Å². The van der Waals surface area contributed by atoms with Gasteiger partial charge in [0.2, 0.25) is 0 Å². The molecule has 0 saturated carbocycles. The number of rotatable bonds is 3. The first kappa shape index (κ1) is 12.3. The highest BCUT2D eigenvalue weighted by molar-refractivity contribution is 5.85. The number of hydrogen-bond donors (Lipinski definition) is 2. The molecule has 0 spiro atoms. The minimum Gasteiger partial charge on any atom is -0.388 e. The maximum Gasteiger partial charge on any atom is 0.0385 e. The van der Waals surface area contributed by atoms with Crippen molar-refractivity contribution < 1.29 is 0 Å². The Hall–Kier alpha value is -0.730. The Kier molecular flexibility index (Phi) is 5.51. The third-order valence-electron chi connectivity index (χ3n) is 2.13. The van der Waals surface area contributed by atoms with E-state index in [4.69, 9.17) is 0 Å². The summed E-state index contributed by atoms with van der Waals surface area (Å²) in [4.78, 5) is 0. The Bertz CT molecular complexity index is 250. The van der Waals surface area contributed by atoms with E-state index in [1.807, 2.05) is 20.2 Å². The Labute approximate surface area is 86.1 Å². The van der Waals surface area contributed by atoms with Gasteiger partial charge >= 0.3 is 0 Å². The highest BCUT2D eigenvalue weighted by Crippen LogP contribution is 2.20. The maximum atomic E-state index is 3.22. The number of nitrogens with one attached hydrogen (secondary N) is 2. The summed E-state index contributed by atoms with van der Waals surface area (Å²) in [7, 11) is 3.92. The van der Waals surface area contributed by atoms with E-state index < -0.39 is 0 Å². The molecule has 0 saturated heterocycles. The Morgan fingerprint density at radius 2 is 1.77 bits per heavy atom. The molecule has 0 aromatic heterocycles. The second kappa shape index (κ2) is 5.84. The van der Waals surface area contributed by atoms with Gasteiger partial charge in [-0.25, -0.2) is 0 Å². The molecule has 0 heterocycles. The molecule has 0 fully saturated rings. The first-order chi connectivity index (χ1) is 5.79. The van der Waals surface area contributed by atoms with E-state index in [0.717, 1.165) is 0 Å². The van der Waals surface area contributed by atoms with Crippen molar-refractivity contribution in [3.05, 3.63) is 29.8 Å². The van der Waals surface area contributed by atoms with Crippen LogP contribution in [0.15, 0.2) is 24.3 Å². The normalized spacial score (nSPS) is 11.6. The lowest BCUT2D eigenvalue weighted by atomic mass is 10.1. The first-order valence-electron chi connectivity index (χ1n) is 4.23. The van der Waals surface area contributed by atoms with Crippen LogP contribution < -0.4 is 10.6 Å². The zero-order valence-electron chi connectivity index (χ0n) is 8.29. The molecule has 0 bridgehead atoms. The smallest absolute Gasteiger partial charge is 0.0385 e. The number of benzene rings is 1. The minimum absolute atomic E-state index is 0. The average Bonchev–Trinajstić information content (AvgIpc) is 2.16. The van der Waals surface area contributed by atoms with E-state index >= 15 is 0 Å². The summed E-state index contributed by atoms with van der Waals surface area (Å²) in [6.07, 6.45) is 0. The van der Waals surface area contributed by atoms with E-state index in [-0.39, 0.29) is 12.4 Å². The molecule has 1 aromatic rings. The Balaban J connectivity index is 0.00000144. The summed E-state index contributed by atoms with van der Waals surface area (Å²) < 4.78 is 0. The monoisotopic (exact) mass is 200 g/mol. The van der Waals surface area contributed by atoms with Gasteiger partial charge in [-0.3, -0.25) is 0 Å². The van der Waals surface area contributed by atoms with E-state index in [0.29, 0.717) is 6.04 Å². The molecule has 2 N–H and O–H groups in total. The molecule has 0 unspecified atom stereocenters. The van der Waals surface area contributed by atoms with Gasteiger partial charge in [0.1, 0.15) is 0 Å². The lowest BCUT2D eigenvalue weighted by molar-refractivity contribution is 0.654. The van der Waals surface area contributed by atoms with Gasteiger partial charge in [-0.05, 0) is 25.6 Å². The summed E-state index contributed by atoms with van der Waals surface area (Å²) in [6, 6.07) is 8.71. The van der Waals surface area contributed by atoms with Crippen LogP contribution in [0.1, 0.15) is 18.5 Å². The van der Waals surface area contributed by atoms with E-state index in [9.17, 15) is 0 Å².